The Balaban J connectivity index is 1.70. The SMILES string of the molecule is CC(C)c1nc2ccccc2n1CC(O)COc1ccc([N+](=O)[O-])cc1. The van der Waals surface area contributed by atoms with E-state index in [1.165, 1.54) is 24.3 Å². The van der Waals surface area contributed by atoms with Gasteiger partial charge in [-0.1, -0.05) is 26.0 Å². The van der Waals surface area contributed by atoms with E-state index in [0.29, 0.717) is 12.3 Å². The van der Waals surface area contributed by atoms with E-state index in [0.717, 1.165) is 16.9 Å². The number of aliphatic hydroxyl groups excluding tert-OH is 1. The summed E-state index contributed by atoms with van der Waals surface area (Å²) in [6.07, 6.45) is -0.736. The number of para-hydroxylation sites is 2. The Kier molecular flexibility index (Phi) is 5.18. The molecule has 0 fully saturated rings. The average molecular weight is 355 g/mol. The van der Waals surface area contributed by atoms with Crippen LogP contribution in [0.3, 0.4) is 0 Å². The molecule has 7 nitrogen and oxygen atoms in total. The number of ether oxygens (including phenoxy) is 1. The number of benzene rings is 2. The highest BCUT2D eigenvalue weighted by Gasteiger charge is 2.17. The van der Waals surface area contributed by atoms with Crippen LogP contribution in [-0.4, -0.2) is 32.3 Å². The van der Waals surface area contributed by atoms with E-state index in [9.17, 15) is 15.2 Å². The first-order chi connectivity index (χ1) is 12.5. The van der Waals surface area contributed by atoms with Gasteiger partial charge in [0, 0.05) is 18.1 Å². The second kappa shape index (κ2) is 7.53. The molecule has 1 atom stereocenters. The molecule has 1 unspecified atom stereocenters. The van der Waals surface area contributed by atoms with E-state index in [4.69, 9.17) is 4.74 Å². The summed E-state index contributed by atoms with van der Waals surface area (Å²) >= 11 is 0. The Morgan fingerprint density at radius 3 is 2.54 bits per heavy atom. The molecular weight excluding hydrogens is 334 g/mol. The molecule has 1 aromatic heterocycles. The normalized spacial score (nSPS) is 12.5. The van der Waals surface area contributed by atoms with E-state index in [1.807, 2.05) is 28.8 Å². The molecule has 3 rings (SSSR count). The fourth-order valence-electron chi connectivity index (χ4n) is 2.85. The largest absolute Gasteiger partial charge is 0.491 e. The zero-order chi connectivity index (χ0) is 18.7. The number of imidazole rings is 1. The summed E-state index contributed by atoms with van der Waals surface area (Å²) in [6, 6.07) is 13.6. The molecule has 0 aliphatic rings. The number of fused-ring (bicyclic) bond motifs is 1. The molecule has 7 heteroatoms. The number of aliphatic hydroxyl groups is 1. The number of nitrogens with zero attached hydrogens (tertiary/aromatic N) is 3. The molecule has 0 aliphatic carbocycles. The van der Waals surface area contributed by atoms with Crippen LogP contribution < -0.4 is 4.74 Å². The fourth-order valence-corrected chi connectivity index (χ4v) is 2.85. The van der Waals surface area contributed by atoms with Gasteiger partial charge in [0.25, 0.3) is 5.69 Å². The van der Waals surface area contributed by atoms with Gasteiger partial charge in [-0.05, 0) is 24.3 Å². The van der Waals surface area contributed by atoms with Gasteiger partial charge in [-0.3, -0.25) is 10.1 Å². The second-order valence-corrected chi connectivity index (χ2v) is 6.44. The minimum atomic E-state index is -0.736. The minimum absolute atomic E-state index is 0.00404. The van der Waals surface area contributed by atoms with E-state index in [2.05, 4.69) is 18.8 Å². The van der Waals surface area contributed by atoms with Crippen LogP contribution in [0.2, 0.25) is 0 Å². The number of rotatable bonds is 7. The predicted octanol–water partition coefficient (Wildman–Crippen LogP) is 3.51. The van der Waals surface area contributed by atoms with Crippen LogP contribution in [-0.2, 0) is 6.54 Å². The van der Waals surface area contributed by atoms with Crippen LogP contribution in [0.1, 0.15) is 25.6 Å². The lowest BCUT2D eigenvalue weighted by Gasteiger charge is -2.16. The molecule has 3 aromatic rings. The van der Waals surface area contributed by atoms with Gasteiger partial charge in [0.1, 0.15) is 24.3 Å². The molecule has 1 heterocycles. The highest BCUT2D eigenvalue weighted by molar-refractivity contribution is 5.76. The number of hydrogen-bond donors (Lipinski definition) is 1. The Morgan fingerprint density at radius 2 is 1.88 bits per heavy atom. The summed E-state index contributed by atoms with van der Waals surface area (Å²) in [6.45, 7) is 4.58. The summed E-state index contributed by atoms with van der Waals surface area (Å²) in [4.78, 5) is 14.9. The smallest absolute Gasteiger partial charge is 0.269 e. The molecule has 0 aliphatic heterocycles. The Labute approximate surface area is 151 Å². The maximum Gasteiger partial charge on any atom is 0.269 e. The van der Waals surface area contributed by atoms with E-state index < -0.39 is 11.0 Å². The zero-order valence-corrected chi connectivity index (χ0v) is 14.7. The van der Waals surface area contributed by atoms with Gasteiger partial charge < -0.3 is 14.4 Å². The third-order valence-corrected chi connectivity index (χ3v) is 4.08. The molecule has 0 amide bonds. The minimum Gasteiger partial charge on any atom is -0.491 e. The molecule has 0 spiro atoms. The molecule has 1 N–H and O–H groups in total. The van der Waals surface area contributed by atoms with Crippen molar-refractivity contribution in [1.82, 2.24) is 9.55 Å². The predicted molar refractivity (Wildman–Crippen MR) is 98.4 cm³/mol. The van der Waals surface area contributed by atoms with Crippen LogP contribution in [0, 0.1) is 10.1 Å². The highest BCUT2D eigenvalue weighted by Crippen LogP contribution is 2.22. The lowest BCUT2D eigenvalue weighted by molar-refractivity contribution is -0.384. The molecule has 26 heavy (non-hydrogen) atoms. The van der Waals surface area contributed by atoms with Crippen molar-refractivity contribution in [3.8, 4) is 5.75 Å². The monoisotopic (exact) mass is 355 g/mol. The summed E-state index contributed by atoms with van der Waals surface area (Å²) in [5, 5.41) is 21.1. The van der Waals surface area contributed by atoms with Crippen molar-refractivity contribution < 1.29 is 14.8 Å². The van der Waals surface area contributed by atoms with Gasteiger partial charge in [0.05, 0.1) is 22.5 Å². The van der Waals surface area contributed by atoms with Crippen molar-refractivity contribution in [1.29, 1.82) is 0 Å². The van der Waals surface area contributed by atoms with Gasteiger partial charge >= 0.3 is 0 Å². The van der Waals surface area contributed by atoms with Crippen molar-refractivity contribution in [3.63, 3.8) is 0 Å². The lowest BCUT2D eigenvalue weighted by atomic mass is 10.2. The van der Waals surface area contributed by atoms with E-state index in [-0.39, 0.29) is 18.2 Å². The third kappa shape index (κ3) is 3.83. The number of aromatic nitrogens is 2. The molecule has 0 bridgehead atoms. The first-order valence-corrected chi connectivity index (χ1v) is 8.46. The van der Waals surface area contributed by atoms with Crippen molar-refractivity contribution in [2.75, 3.05) is 6.61 Å². The highest BCUT2D eigenvalue weighted by atomic mass is 16.6. The molecule has 0 radical (unpaired) electrons. The summed E-state index contributed by atoms with van der Waals surface area (Å²) in [5.74, 6) is 1.62. The average Bonchev–Trinajstić information content (AvgIpc) is 2.99. The number of nitro benzene ring substituents is 1. The number of nitro groups is 1. The van der Waals surface area contributed by atoms with Gasteiger partial charge in [0.2, 0.25) is 0 Å². The standard InChI is InChI=1S/C19H21N3O4/c1-13(2)19-20-17-5-3-4-6-18(17)21(19)11-15(23)12-26-16-9-7-14(8-10-16)22(24)25/h3-10,13,15,23H,11-12H2,1-2H3. The molecule has 2 aromatic carbocycles. The van der Waals surface area contributed by atoms with Gasteiger partial charge in [-0.15, -0.1) is 0 Å². The Morgan fingerprint density at radius 1 is 1.19 bits per heavy atom. The van der Waals surface area contributed by atoms with Crippen LogP contribution in [0.4, 0.5) is 5.69 Å². The second-order valence-electron chi connectivity index (χ2n) is 6.44. The molecule has 136 valence electrons. The van der Waals surface area contributed by atoms with Crippen LogP contribution in [0.25, 0.3) is 11.0 Å². The maximum absolute atomic E-state index is 10.7. The van der Waals surface area contributed by atoms with Crippen LogP contribution >= 0.6 is 0 Å². The van der Waals surface area contributed by atoms with Crippen molar-refractivity contribution >= 4 is 16.7 Å². The first-order valence-electron chi connectivity index (χ1n) is 8.46. The van der Waals surface area contributed by atoms with Crippen molar-refractivity contribution in [2.24, 2.45) is 0 Å². The zero-order valence-electron chi connectivity index (χ0n) is 14.7. The van der Waals surface area contributed by atoms with Crippen LogP contribution in [0.5, 0.6) is 5.75 Å². The van der Waals surface area contributed by atoms with Gasteiger partial charge in [-0.2, -0.15) is 0 Å². The van der Waals surface area contributed by atoms with Crippen molar-refractivity contribution in [3.05, 3.63) is 64.5 Å². The molecular formula is C19H21N3O4. The van der Waals surface area contributed by atoms with Gasteiger partial charge in [0.15, 0.2) is 0 Å². The summed E-state index contributed by atoms with van der Waals surface area (Å²) in [7, 11) is 0. The van der Waals surface area contributed by atoms with Crippen molar-refractivity contribution in [2.45, 2.75) is 32.4 Å². The maximum atomic E-state index is 10.7. The summed E-state index contributed by atoms with van der Waals surface area (Å²) < 4.78 is 7.58. The topological polar surface area (TPSA) is 90.4 Å². The molecule has 0 saturated carbocycles. The van der Waals surface area contributed by atoms with E-state index >= 15 is 0 Å². The lowest BCUT2D eigenvalue weighted by Crippen LogP contribution is -2.24. The molecule has 0 saturated heterocycles. The number of non-ortho nitro benzene ring substituents is 1. The summed E-state index contributed by atoms with van der Waals surface area (Å²) in [5.41, 5.74) is 1.88. The first kappa shape index (κ1) is 17.9. The Bertz CT molecular complexity index is 903. The fraction of sp³-hybridized carbons (Fsp3) is 0.316. The Hall–Kier alpha value is -2.93. The van der Waals surface area contributed by atoms with Gasteiger partial charge in [-0.25, -0.2) is 4.98 Å². The van der Waals surface area contributed by atoms with Crippen LogP contribution in [0.15, 0.2) is 48.5 Å². The third-order valence-electron chi connectivity index (χ3n) is 4.08. The van der Waals surface area contributed by atoms with E-state index in [1.54, 1.807) is 0 Å². The number of hydrogen-bond acceptors (Lipinski definition) is 5. The quantitative estimate of drug-likeness (QED) is 0.517.